The predicted octanol–water partition coefficient (Wildman–Crippen LogP) is 0.434. The maximum atomic E-state index is 12.1. The first-order valence-corrected chi connectivity index (χ1v) is 7.41. The predicted molar refractivity (Wildman–Crippen MR) is 75.4 cm³/mol. The van der Waals surface area contributed by atoms with Gasteiger partial charge in [-0.25, -0.2) is 4.79 Å². The SMILES string of the molecule is CC[C@H]1C(=O)N[C@](C(=O)O)([C@@H](O)[C@@H]2C=CCCC2)[C@@]1(C)O. The van der Waals surface area contributed by atoms with E-state index < -0.39 is 41.0 Å². The Kier molecular flexibility index (Phi) is 4.13. The van der Waals surface area contributed by atoms with Gasteiger partial charge < -0.3 is 20.6 Å². The van der Waals surface area contributed by atoms with Crippen molar-refractivity contribution in [2.45, 2.75) is 56.8 Å². The van der Waals surface area contributed by atoms with E-state index in [0.29, 0.717) is 12.8 Å². The van der Waals surface area contributed by atoms with Crippen molar-refractivity contribution in [2.75, 3.05) is 0 Å². The van der Waals surface area contributed by atoms with E-state index in [1.165, 1.54) is 6.92 Å². The summed E-state index contributed by atoms with van der Waals surface area (Å²) in [5, 5.41) is 33.5. The molecule has 5 atom stereocenters. The number of aliphatic carboxylic acids is 1. The second-order valence-corrected chi connectivity index (χ2v) is 6.18. The van der Waals surface area contributed by atoms with Gasteiger partial charge in [0.15, 0.2) is 5.54 Å². The van der Waals surface area contributed by atoms with Gasteiger partial charge >= 0.3 is 5.97 Å². The molecular weight excluding hydrogens is 274 g/mol. The van der Waals surface area contributed by atoms with Gasteiger partial charge in [-0.15, -0.1) is 0 Å². The van der Waals surface area contributed by atoms with Crippen LogP contribution in [-0.4, -0.2) is 44.4 Å². The smallest absolute Gasteiger partial charge is 0.335 e. The minimum atomic E-state index is -2.07. The molecule has 0 aromatic carbocycles. The standard InChI is InChI=1S/C15H23NO5/c1-3-10-12(18)16-15(13(19)20,14(10,2)21)11(17)9-7-5-4-6-8-9/h5,7,9-11,17,21H,3-4,6,8H2,1-2H3,(H,16,18)(H,19,20)/t9-,10+,11+,14+,15+/m1/s1. The van der Waals surface area contributed by atoms with Crippen LogP contribution in [0.5, 0.6) is 0 Å². The summed E-state index contributed by atoms with van der Waals surface area (Å²) in [4.78, 5) is 23.9. The number of carbonyl (C=O) groups excluding carboxylic acids is 1. The van der Waals surface area contributed by atoms with E-state index in [4.69, 9.17) is 0 Å². The zero-order valence-electron chi connectivity index (χ0n) is 12.4. The van der Waals surface area contributed by atoms with Crippen molar-refractivity contribution >= 4 is 11.9 Å². The van der Waals surface area contributed by atoms with Crippen LogP contribution in [0.4, 0.5) is 0 Å². The van der Waals surface area contributed by atoms with Crippen LogP contribution in [0, 0.1) is 11.8 Å². The average molecular weight is 297 g/mol. The third-order valence-corrected chi connectivity index (χ3v) is 5.00. The Balaban J connectivity index is 2.46. The zero-order valence-corrected chi connectivity index (χ0v) is 12.4. The van der Waals surface area contributed by atoms with Gasteiger partial charge in [-0.1, -0.05) is 19.1 Å². The molecule has 0 bridgehead atoms. The second-order valence-electron chi connectivity index (χ2n) is 6.18. The molecule has 21 heavy (non-hydrogen) atoms. The van der Waals surface area contributed by atoms with Crippen molar-refractivity contribution in [3.63, 3.8) is 0 Å². The molecule has 1 fully saturated rings. The van der Waals surface area contributed by atoms with Gasteiger partial charge in [-0.3, -0.25) is 4.79 Å². The highest BCUT2D eigenvalue weighted by molar-refractivity contribution is 5.95. The lowest BCUT2D eigenvalue weighted by atomic mass is 9.68. The number of carboxylic acids is 1. The molecule has 0 saturated carbocycles. The van der Waals surface area contributed by atoms with E-state index in [-0.39, 0.29) is 0 Å². The van der Waals surface area contributed by atoms with Gasteiger partial charge in [0.25, 0.3) is 0 Å². The third kappa shape index (κ3) is 2.17. The number of hydrogen-bond acceptors (Lipinski definition) is 4. The molecule has 6 heteroatoms. The molecule has 2 aliphatic rings. The molecule has 0 unspecified atom stereocenters. The largest absolute Gasteiger partial charge is 0.479 e. The first-order valence-electron chi connectivity index (χ1n) is 7.41. The van der Waals surface area contributed by atoms with Gasteiger partial charge in [0, 0.05) is 5.92 Å². The van der Waals surface area contributed by atoms with Gasteiger partial charge in [0.05, 0.1) is 12.0 Å². The Bertz CT molecular complexity index is 473. The summed E-state index contributed by atoms with van der Waals surface area (Å²) in [5.74, 6) is -3.17. The number of aliphatic hydroxyl groups is 2. The summed E-state index contributed by atoms with van der Waals surface area (Å²) in [7, 11) is 0. The summed E-state index contributed by atoms with van der Waals surface area (Å²) in [6.07, 6.45) is 4.99. The highest BCUT2D eigenvalue weighted by atomic mass is 16.4. The van der Waals surface area contributed by atoms with Crippen molar-refractivity contribution in [3.8, 4) is 0 Å². The minimum Gasteiger partial charge on any atom is -0.479 e. The van der Waals surface area contributed by atoms with E-state index in [0.717, 1.165) is 12.8 Å². The number of aliphatic hydroxyl groups excluding tert-OH is 1. The van der Waals surface area contributed by atoms with Crippen molar-refractivity contribution < 1.29 is 24.9 Å². The molecule has 0 aromatic heterocycles. The second kappa shape index (κ2) is 5.42. The zero-order chi connectivity index (χ0) is 15.8. The molecule has 0 spiro atoms. The maximum absolute atomic E-state index is 12.1. The fourth-order valence-electron chi connectivity index (χ4n) is 3.71. The summed E-state index contributed by atoms with van der Waals surface area (Å²) in [6.45, 7) is 3.03. The van der Waals surface area contributed by atoms with Crippen molar-refractivity contribution in [3.05, 3.63) is 12.2 Å². The molecule has 2 rings (SSSR count). The Labute approximate surface area is 123 Å². The van der Waals surface area contributed by atoms with Crippen LogP contribution in [0.15, 0.2) is 12.2 Å². The van der Waals surface area contributed by atoms with E-state index in [1.807, 2.05) is 6.08 Å². The topological polar surface area (TPSA) is 107 Å². The quantitative estimate of drug-likeness (QED) is 0.563. The van der Waals surface area contributed by atoms with Crippen LogP contribution in [-0.2, 0) is 9.59 Å². The van der Waals surface area contributed by atoms with E-state index in [9.17, 15) is 24.9 Å². The summed E-state index contributed by atoms with van der Waals surface area (Å²) in [6, 6.07) is 0. The molecule has 1 saturated heterocycles. The third-order valence-electron chi connectivity index (χ3n) is 5.00. The van der Waals surface area contributed by atoms with Crippen LogP contribution in [0.3, 0.4) is 0 Å². The molecule has 4 N–H and O–H groups in total. The molecule has 1 heterocycles. The highest BCUT2D eigenvalue weighted by Crippen LogP contribution is 2.43. The van der Waals surface area contributed by atoms with Gasteiger partial charge in [-0.2, -0.15) is 0 Å². The lowest BCUT2D eigenvalue weighted by Crippen LogP contribution is -2.70. The maximum Gasteiger partial charge on any atom is 0.335 e. The first kappa shape index (κ1) is 16.0. The first-order chi connectivity index (χ1) is 9.79. The normalized spacial score (nSPS) is 40.9. The van der Waals surface area contributed by atoms with E-state index in [1.54, 1.807) is 13.0 Å². The molecule has 1 aliphatic carbocycles. The van der Waals surface area contributed by atoms with Crippen molar-refractivity contribution in [1.82, 2.24) is 5.32 Å². The number of hydrogen-bond donors (Lipinski definition) is 4. The Morgan fingerprint density at radius 2 is 2.24 bits per heavy atom. The molecule has 1 aliphatic heterocycles. The minimum absolute atomic E-state index is 0.307. The Morgan fingerprint density at radius 1 is 1.57 bits per heavy atom. The van der Waals surface area contributed by atoms with Gasteiger partial charge in [-0.05, 0) is 32.6 Å². The highest BCUT2D eigenvalue weighted by Gasteiger charge is 2.69. The summed E-state index contributed by atoms with van der Waals surface area (Å²) in [5.41, 5.74) is -3.92. The van der Waals surface area contributed by atoms with E-state index >= 15 is 0 Å². The van der Waals surface area contributed by atoms with Gasteiger partial charge in [0.2, 0.25) is 5.91 Å². The Morgan fingerprint density at radius 3 is 2.67 bits per heavy atom. The molecule has 1 amide bonds. The number of rotatable bonds is 4. The number of nitrogens with one attached hydrogen (secondary N) is 1. The molecule has 0 radical (unpaired) electrons. The fraction of sp³-hybridized carbons (Fsp3) is 0.733. The van der Waals surface area contributed by atoms with Crippen LogP contribution in [0.25, 0.3) is 0 Å². The number of amides is 1. The summed E-state index contributed by atoms with van der Waals surface area (Å²) < 4.78 is 0. The lowest BCUT2D eigenvalue weighted by Gasteiger charge is -2.43. The van der Waals surface area contributed by atoms with Crippen molar-refractivity contribution in [2.24, 2.45) is 11.8 Å². The molecule has 6 nitrogen and oxygen atoms in total. The molecule has 118 valence electrons. The lowest BCUT2D eigenvalue weighted by molar-refractivity contribution is -0.170. The monoisotopic (exact) mass is 297 g/mol. The van der Waals surface area contributed by atoms with E-state index in [2.05, 4.69) is 5.32 Å². The van der Waals surface area contributed by atoms with Gasteiger partial charge in [0.1, 0.15) is 5.60 Å². The fourth-order valence-corrected chi connectivity index (χ4v) is 3.71. The number of allylic oxidation sites excluding steroid dienone is 1. The number of carbonyl (C=O) groups is 2. The van der Waals surface area contributed by atoms with Crippen LogP contribution < -0.4 is 5.32 Å². The Hall–Kier alpha value is -1.40. The van der Waals surface area contributed by atoms with Crippen molar-refractivity contribution in [1.29, 1.82) is 0 Å². The van der Waals surface area contributed by atoms with Crippen LogP contribution in [0.2, 0.25) is 0 Å². The summed E-state index contributed by atoms with van der Waals surface area (Å²) >= 11 is 0. The molecular formula is C15H23NO5. The number of carboxylic acid groups (broad SMARTS) is 1. The van der Waals surface area contributed by atoms with Crippen LogP contribution >= 0.6 is 0 Å². The average Bonchev–Trinajstić information content (AvgIpc) is 2.65. The molecule has 0 aromatic rings. The van der Waals surface area contributed by atoms with Crippen LogP contribution in [0.1, 0.15) is 39.5 Å².